The summed E-state index contributed by atoms with van der Waals surface area (Å²) in [5, 5.41) is 34.0. The van der Waals surface area contributed by atoms with E-state index in [0.29, 0.717) is 40.2 Å². The molecule has 220 valence electrons. The number of halogens is 1. The minimum Gasteiger partial charge on any atom is -0.492 e. The van der Waals surface area contributed by atoms with Gasteiger partial charge in [0.25, 0.3) is 0 Å². The van der Waals surface area contributed by atoms with E-state index < -0.39 is 36.7 Å². The van der Waals surface area contributed by atoms with Crippen LogP contribution in [0.3, 0.4) is 0 Å². The van der Waals surface area contributed by atoms with Gasteiger partial charge in [0.15, 0.2) is 16.9 Å². The van der Waals surface area contributed by atoms with Crippen LogP contribution in [-0.4, -0.2) is 79.0 Å². The molecule has 11 nitrogen and oxygen atoms in total. The predicted octanol–water partition coefficient (Wildman–Crippen LogP) is 1.14. The summed E-state index contributed by atoms with van der Waals surface area (Å²) in [4.78, 5) is 25.6. The summed E-state index contributed by atoms with van der Waals surface area (Å²) in [7, 11) is 2.91. The quantitative estimate of drug-likeness (QED) is 0.290. The first-order chi connectivity index (χ1) is 18.6. The first-order valence-electron chi connectivity index (χ1n) is 12.5. The van der Waals surface area contributed by atoms with E-state index in [2.05, 4.69) is 5.32 Å². The number of benzene rings is 1. The minimum absolute atomic E-state index is 0. The fraction of sp³-hybridized carbons (Fsp3) is 0.481. The van der Waals surface area contributed by atoms with Crippen LogP contribution in [0.1, 0.15) is 30.5 Å². The Bertz CT molecular complexity index is 1300. The molecule has 1 saturated heterocycles. The Hall–Kier alpha value is -2.58. The van der Waals surface area contributed by atoms with Gasteiger partial charge >= 0.3 is 0 Å². The third kappa shape index (κ3) is 6.03. The van der Waals surface area contributed by atoms with E-state index >= 15 is 0 Å². The van der Waals surface area contributed by atoms with Crippen molar-refractivity contribution in [2.45, 2.75) is 61.4 Å². The third-order valence-corrected chi connectivity index (χ3v) is 7.80. The van der Waals surface area contributed by atoms with Crippen LogP contribution >= 0.6 is 24.2 Å². The topological polar surface area (TPSA) is 170 Å². The van der Waals surface area contributed by atoms with Gasteiger partial charge in [-0.3, -0.25) is 9.59 Å². The van der Waals surface area contributed by atoms with Crippen molar-refractivity contribution >= 4 is 30.1 Å². The van der Waals surface area contributed by atoms with Crippen LogP contribution in [0.25, 0.3) is 11.1 Å². The van der Waals surface area contributed by atoms with Crippen molar-refractivity contribution in [1.29, 1.82) is 0 Å². The SMILES string of the molecule is COc1c(O[C@@H]2O[C@H](CN)[C@@H](O)[C@H](O)[C@H]2O)cc2c(c1OC)-c1ccc(SC)c(=O)cc1[C@@H](NC(C)=O)CC2.Cl. The van der Waals surface area contributed by atoms with Gasteiger partial charge in [-0.05, 0) is 54.0 Å². The van der Waals surface area contributed by atoms with E-state index in [9.17, 15) is 24.9 Å². The molecule has 0 radical (unpaired) electrons. The predicted molar refractivity (Wildman–Crippen MR) is 152 cm³/mol. The highest BCUT2D eigenvalue weighted by Gasteiger charge is 2.45. The average Bonchev–Trinajstić information content (AvgIpc) is 3.16. The number of carbonyl (C=O) groups excluding carboxylic acids is 1. The lowest BCUT2D eigenvalue weighted by Gasteiger charge is -2.40. The lowest BCUT2D eigenvalue weighted by molar-refractivity contribution is -0.269. The summed E-state index contributed by atoms with van der Waals surface area (Å²) in [5.41, 5.74) is 8.30. The van der Waals surface area contributed by atoms with Gasteiger partial charge in [0.05, 0.1) is 25.2 Å². The number of nitrogens with two attached hydrogens (primary N) is 1. The van der Waals surface area contributed by atoms with Crippen molar-refractivity contribution in [2.24, 2.45) is 5.73 Å². The van der Waals surface area contributed by atoms with E-state index in [1.54, 1.807) is 18.2 Å². The number of aliphatic hydroxyl groups is 3. The molecule has 1 fully saturated rings. The second-order valence-corrected chi connectivity index (χ2v) is 10.3. The zero-order valence-electron chi connectivity index (χ0n) is 22.6. The zero-order valence-corrected chi connectivity index (χ0v) is 24.2. The summed E-state index contributed by atoms with van der Waals surface area (Å²) < 4.78 is 23.2. The Kier molecular flexibility index (Phi) is 10.7. The van der Waals surface area contributed by atoms with E-state index in [-0.39, 0.29) is 41.8 Å². The Morgan fingerprint density at radius 2 is 1.82 bits per heavy atom. The molecule has 13 heteroatoms. The lowest BCUT2D eigenvalue weighted by Crippen LogP contribution is -2.60. The van der Waals surface area contributed by atoms with Gasteiger partial charge in [0.1, 0.15) is 24.4 Å². The van der Waals surface area contributed by atoms with Gasteiger partial charge in [0, 0.05) is 19.0 Å². The van der Waals surface area contributed by atoms with Crippen molar-refractivity contribution in [3.63, 3.8) is 0 Å². The summed E-state index contributed by atoms with van der Waals surface area (Å²) in [5.74, 6) is 0.457. The maximum absolute atomic E-state index is 13.0. The highest BCUT2D eigenvalue weighted by molar-refractivity contribution is 7.98. The minimum atomic E-state index is -1.57. The summed E-state index contributed by atoms with van der Waals surface area (Å²) in [6.07, 6.45) is -4.03. The number of aryl methyl sites for hydroxylation is 1. The Morgan fingerprint density at radius 1 is 1.12 bits per heavy atom. The molecule has 0 saturated carbocycles. The van der Waals surface area contributed by atoms with Crippen LogP contribution in [0.5, 0.6) is 17.2 Å². The van der Waals surface area contributed by atoms with Crippen molar-refractivity contribution in [3.8, 4) is 28.4 Å². The van der Waals surface area contributed by atoms with E-state index in [0.717, 1.165) is 5.56 Å². The number of methoxy groups -OCH3 is 2. The first kappa shape index (κ1) is 31.9. The molecule has 2 aromatic carbocycles. The molecule has 2 aromatic rings. The van der Waals surface area contributed by atoms with Crippen LogP contribution in [0.2, 0.25) is 0 Å². The Labute approximate surface area is 242 Å². The average molecular weight is 599 g/mol. The normalized spacial score (nSPS) is 25.4. The molecular weight excluding hydrogens is 564 g/mol. The molecule has 1 aliphatic heterocycles. The molecule has 2 aliphatic rings. The fourth-order valence-corrected chi connectivity index (χ4v) is 5.60. The smallest absolute Gasteiger partial charge is 0.229 e. The Morgan fingerprint density at radius 3 is 2.42 bits per heavy atom. The Balaban J connectivity index is 0.00000441. The molecule has 4 rings (SSSR count). The maximum atomic E-state index is 13.0. The standard InChI is InChI=1S/C27H34N2O9S.ClH/c1-12(30)29-16-7-5-13-9-18(37-27-24(34)23(33)22(32)19(11-28)38-27)25(35-2)26(36-3)21(13)14-6-8-20(39-4)17(31)10-15(14)16;/h6,8-10,16,19,22-24,27,32-34H,5,7,11,28H2,1-4H3,(H,29,30);1H/t16-,19+,22+,23-,24+,27+;/m0./s1. The maximum Gasteiger partial charge on any atom is 0.229 e. The molecule has 6 atom stereocenters. The fourth-order valence-electron chi connectivity index (χ4n) is 5.13. The summed E-state index contributed by atoms with van der Waals surface area (Å²) in [6.45, 7) is 1.32. The molecule has 1 amide bonds. The van der Waals surface area contributed by atoms with E-state index in [1.165, 1.54) is 32.9 Å². The second-order valence-electron chi connectivity index (χ2n) is 9.41. The second kappa shape index (κ2) is 13.4. The highest BCUT2D eigenvalue weighted by atomic mass is 35.5. The molecule has 1 heterocycles. The number of fused-ring (bicyclic) bond motifs is 3. The number of hydrogen-bond acceptors (Lipinski definition) is 11. The van der Waals surface area contributed by atoms with E-state index in [4.69, 9.17) is 24.7 Å². The molecule has 0 aromatic heterocycles. The van der Waals surface area contributed by atoms with Gasteiger partial charge in [-0.15, -0.1) is 24.2 Å². The highest BCUT2D eigenvalue weighted by Crippen LogP contribution is 2.50. The van der Waals surface area contributed by atoms with Gasteiger partial charge < -0.3 is 45.3 Å². The first-order valence-corrected chi connectivity index (χ1v) is 13.7. The summed E-state index contributed by atoms with van der Waals surface area (Å²) >= 11 is 1.33. The van der Waals surface area contributed by atoms with Gasteiger partial charge in [0.2, 0.25) is 17.9 Å². The van der Waals surface area contributed by atoms with Gasteiger partial charge in [-0.25, -0.2) is 0 Å². The molecular formula is C27H35ClN2O9S. The molecule has 0 bridgehead atoms. The van der Waals surface area contributed by atoms with Crippen molar-refractivity contribution < 1.29 is 39.1 Å². The third-order valence-electron chi connectivity index (χ3n) is 7.02. The number of amides is 1. The van der Waals surface area contributed by atoms with Crippen molar-refractivity contribution in [2.75, 3.05) is 27.0 Å². The number of nitrogens with one attached hydrogen (secondary N) is 1. The number of ether oxygens (including phenoxy) is 4. The molecule has 0 unspecified atom stereocenters. The van der Waals surface area contributed by atoms with Crippen LogP contribution in [0, 0.1) is 0 Å². The molecule has 6 N–H and O–H groups in total. The summed E-state index contributed by atoms with van der Waals surface area (Å²) in [6, 6.07) is 6.42. The van der Waals surface area contributed by atoms with Crippen LogP contribution < -0.4 is 30.7 Å². The van der Waals surface area contributed by atoms with Gasteiger partial charge in [-0.1, -0.05) is 6.07 Å². The molecule has 40 heavy (non-hydrogen) atoms. The van der Waals surface area contributed by atoms with Crippen LogP contribution in [0.4, 0.5) is 0 Å². The number of rotatable bonds is 7. The van der Waals surface area contributed by atoms with Crippen molar-refractivity contribution in [1.82, 2.24) is 5.32 Å². The molecule has 0 spiro atoms. The van der Waals surface area contributed by atoms with E-state index in [1.807, 2.05) is 12.3 Å². The number of hydrogen-bond donors (Lipinski definition) is 5. The van der Waals surface area contributed by atoms with Crippen LogP contribution in [0.15, 0.2) is 34.0 Å². The molecule has 1 aliphatic carbocycles. The van der Waals surface area contributed by atoms with Gasteiger partial charge in [-0.2, -0.15) is 0 Å². The zero-order chi connectivity index (χ0) is 28.4. The van der Waals surface area contributed by atoms with Crippen molar-refractivity contribution in [3.05, 3.63) is 45.6 Å². The monoisotopic (exact) mass is 598 g/mol. The number of thioether (sulfide) groups is 1. The lowest BCUT2D eigenvalue weighted by atomic mass is 9.95. The number of aliphatic hydroxyl groups excluding tert-OH is 3. The largest absolute Gasteiger partial charge is 0.492 e. The van der Waals surface area contributed by atoms with Crippen LogP contribution in [-0.2, 0) is 16.0 Å². The number of carbonyl (C=O) groups is 1.